The molecule has 1 aliphatic rings. The van der Waals surface area contributed by atoms with Gasteiger partial charge in [0.15, 0.2) is 0 Å². The molecule has 1 saturated heterocycles. The average Bonchev–Trinajstić information content (AvgIpc) is 2.99. The molecule has 2 N–H and O–H groups in total. The number of aromatic carboxylic acids is 1. The van der Waals surface area contributed by atoms with Gasteiger partial charge in [0.1, 0.15) is 5.00 Å². The van der Waals surface area contributed by atoms with Crippen LogP contribution in [-0.2, 0) is 16.0 Å². The zero-order valence-electron chi connectivity index (χ0n) is 13.3. The number of carbonyl (C=O) groups excluding carboxylic acids is 1. The van der Waals surface area contributed by atoms with Crippen LogP contribution in [0.25, 0.3) is 0 Å². The summed E-state index contributed by atoms with van der Waals surface area (Å²) in [7, 11) is 0. The second-order valence-corrected chi connectivity index (χ2v) is 6.96. The van der Waals surface area contributed by atoms with Gasteiger partial charge in [-0.2, -0.15) is 0 Å². The van der Waals surface area contributed by atoms with Crippen LogP contribution in [0.4, 0.5) is 5.00 Å². The van der Waals surface area contributed by atoms with Gasteiger partial charge < -0.3 is 15.2 Å². The second-order valence-electron chi connectivity index (χ2n) is 5.73. The van der Waals surface area contributed by atoms with Crippen molar-refractivity contribution in [3.63, 3.8) is 0 Å². The summed E-state index contributed by atoms with van der Waals surface area (Å²) in [6.07, 6.45) is 4.15. The summed E-state index contributed by atoms with van der Waals surface area (Å²) in [6, 6.07) is 0. The molecule has 22 heavy (non-hydrogen) atoms. The number of hydrogen-bond acceptors (Lipinski definition) is 4. The Morgan fingerprint density at radius 3 is 2.68 bits per heavy atom. The summed E-state index contributed by atoms with van der Waals surface area (Å²) in [5.74, 6) is -1.13. The first-order valence-corrected chi connectivity index (χ1v) is 8.54. The molecule has 0 aliphatic carbocycles. The van der Waals surface area contributed by atoms with Gasteiger partial charge in [-0.15, -0.1) is 11.3 Å². The van der Waals surface area contributed by atoms with Crippen LogP contribution < -0.4 is 5.32 Å². The molecular formula is C16H23NO4S. The highest BCUT2D eigenvalue weighted by molar-refractivity contribution is 7.16. The fourth-order valence-corrected chi connectivity index (χ4v) is 4.05. The number of aryl methyl sites for hydroxylation is 1. The summed E-state index contributed by atoms with van der Waals surface area (Å²) in [5.41, 5.74) is 1.05. The van der Waals surface area contributed by atoms with Crippen molar-refractivity contribution < 1.29 is 19.4 Å². The lowest BCUT2D eigenvalue weighted by Crippen LogP contribution is -2.17. The van der Waals surface area contributed by atoms with Gasteiger partial charge in [-0.25, -0.2) is 4.79 Å². The lowest BCUT2D eigenvalue weighted by Gasteiger charge is -2.10. The Labute approximate surface area is 134 Å². The van der Waals surface area contributed by atoms with E-state index in [1.165, 1.54) is 11.3 Å². The molecule has 2 heterocycles. The second kappa shape index (κ2) is 7.24. The molecule has 0 spiro atoms. The number of nitrogens with one attached hydrogen (secondary N) is 1. The molecule has 2 atom stereocenters. The molecule has 1 aliphatic heterocycles. The van der Waals surface area contributed by atoms with Gasteiger partial charge >= 0.3 is 5.97 Å². The van der Waals surface area contributed by atoms with E-state index in [0.717, 1.165) is 23.3 Å². The molecule has 1 fully saturated rings. The Hall–Kier alpha value is -1.40. The summed E-state index contributed by atoms with van der Waals surface area (Å²) >= 11 is 1.34. The highest BCUT2D eigenvalue weighted by Gasteiger charge is 2.24. The van der Waals surface area contributed by atoms with Gasteiger partial charge in [0, 0.05) is 11.3 Å². The quantitative estimate of drug-likeness (QED) is 0.838. The highest BCUT2D eigenvalue weighted by atomic mass is 32.1. The number of anilines is 1. The lowest BCUT2D eigenvalue weighted by atomic mass is 10.1. The largest absolute Gasteiger partial charge is 0.478 e. The number of hydrogen-bond donors (Lipinski definition) is 2. The maximum absolute atomic E-state index is 12.1. The highest BCUT2D eigenvalue weighted by Crippen LogP contribution is 2.33. The minimum absolute atomic E-state index is 0.144. The van der Waals surface area contributed by atoms with Crippen molar-refractivity contribution in [2.24, 2.45) is 0 Å². The number of thiophene rings is 1. The van der Waals surface area contributed by atoms with Crippen LogP contribution in [0.3, 0.4) is 0 Å². The minimum Gasteiger partial charge on any atom is -0.478 e. The van der Waals surface area contributed by atoms with Gasteiger partial charge in [-0.05, 0) is 45.1 Å². The molecule has 6 heteroatoms. The van der Waals surface area contributed by atoms with Crippen molar-refractivity contribution in [2.45, 2.75) is 65.1 Å². The Morgan fingerprint density at radius 2 is 2.14 bits per heavy atom. The first-order valence-electron chi connectivity index (χ1n) is 7.73. The zero-order valence-corrected chi connectivity index (χ0v) is 14.1. The van der Waals surface area contributed by atoms with Gasteiger partial charge in [0.05, 0.1) is 17.8 Å². The Morgan fingerprint density at radius 1 is 1.41 bits per heavy atom. The first kappa shape index (κ1) is 17.0. The zero-order chi connectivity index (χ0) is 16.3. The number of carboxylic acid groups (broad SMARTS) is 1. The first-order chi connectivity index (χ1) is 10.4. The van der Waals surface area contributed by atoms with Crippen molar-refractivity contribution in [3.05, 3.63) is 16.0 Å². The van der Waals surface area contributed by atoms with Crippen LogP contribution >= 0.6 is 11.3 Å². The molecule has 1 aromatic rings. The smallest absolute Gasteiger partial charge is 0.339 e. The van der Waals surface area contributed by atoms with E-state index in [1.807, 2.05) is 20.8 Å². The third-order valence-electron chi connectivity index (χ3n) is 4.04. The van der Waals surface area contributed by atoms with E-state index in [9.17, 15) is 14.7 Å². The lowest BCUT2D eigenvalue weighted by molar-refractivity contribution is -0.116. The van der Waals surface area contributed by atoms with Crippen molar-refractivity contribution in [2.75, 3.05) is 5.32 Å². The number of rotatable bonds is 6. The van der Waals surface area contributed by atoms with Crippen LogP contribution in [0.1, 0.15) is 60.3 Å². The summed E-state index contributed by atoms with van der Waals surface area (Å²) in [4.78, 5) is 24.5. The monoisotopic (exact) mass is 325 g/mol. The Kier molecular flexibility index (Phi) is 5.58. The van der Waals surface area contributed by atoms with Gasteiger partial charge in [-0.3, -0.25) is 4.79 Å². The molecule has 122 valence electrons. The number of carbonyl (C=O) groups is 2. The molecule has 1 aromatic heterocycles. The normalized spacial score (nSPS) is 21.0. The molecule has 2 rings (SSSR count). The maximum atomic E-state index is 12.1. The van der Waals surface area contributed by atoms with E-state index in [0.29, 0.717) is 24.3 Å². The van der Waals surface area contributed by atoms with E-state index in [4.69, 9.17) is 4.74 Å². The number of ether oxygens (including phenoxy) is 1. The molecule has 0 bridgehead atoms. The van der Waals surface area contributed by atoms with Crippen LogP contribution in [0.5, 0.6) is 0 Å². The molecule has 5 nitrogen and oxygen atoms in total. The van der Waals surface area contributed by atoms with E-state index in [-0.39, 0.29) is 23.7 Å². The van der Waals surface area contributed by atoms with Gasteiger partial charge in [0.25, 0.3) is 0 Å². The topological polar surface area (TPSA) is 75.6 Å². The summed E-state index contributed by atoms with van der Waals surface area (Å²) in [5, 5.41) is 12.6. The van der Waals surface area contributed by atoms with Crippen molar-refractivity contribution in [1.82, 2.24) is 0 Å². The standard InChI is InChI=1S/C16H23NO4S/c1-4-12-10(3)22-15(14(12)16(19)20)17-13(18)8-7-11-6-5-9(2)21-11/h9,11H,4-8H2,1-3H3,(H,17,18)(H,19,20). The number of carboxylic acids is 1. The van der Waals surface area contributed by atoms with E-state index < -0.39 is 5.97 Å². The predicted molar refractivity (Wildman–Crippen MR) is 86.8 cm³/mol. The molecule has 0 saturated carbocycles. The average molecular weight is 325 g/mol. The van der Waals surface area contributed by atoms with Crippen LogP contribution in [0.2, 0.25) is 0 Å². The Balaban J connectivity index is 1.98. The molecular weight excluding hydrogens is 302 g/mol. The van der Waals surface area contributed by atoms with E-state index in [2.05, 4.69) is 5.32 Å². The van der Waals surface area contributed by atoms with Crippen LogP contribution in [-0.4, -0.2) is 29.2 Å². The minimum atomic E-state index is -0.982. The van der Waals surface area contributed by atoms with Gasteiger partial charge in [-0.1, -0.05) is 6.92 Å². The van der Waals surface area contributed by atoms with Crippen molar-refractivity contribution in [3.8, 4) is 0 Å². The molecule has 0 radical (unpaired) electrons. The molecule has 2 unspecified atom stereocenters. The fourth-order valence-electron chi connectivity index (χ4n) is 2.90. The van der Waals surface area contributed by atoms with Crippen molar-refractivity contribution >= 4 is 28.2 Å². The third kappa shape index (κ3) is 3.87. The van der Waals surface area contributed by atoms with E-state index >= 15 is 0 Å². The fraction of sp³-hybridized carbons (Fsp3) is 0.625. The van der Waals surface area contributed by atoms with Gasteiger partial charge in [0.2, 0.25) is 5.91 Å². The number of amides is 1. The predicted octanol–water partition coefficient (Wildman–Crippen LogP) is 3.60. The maximum Gasteiger partial charge on any atom is 0.339 e. The van der Waals surface area contributed by atoms with Crippen molar-refractivity contribution in [1.29, 1.82) is 0 Å². The summed E-state index contributed by atoms with van der Waals surface area (Å²) in [6.45, 7) is 5.85. The molecule has 0 aromatic carbocycles. The van der Waals surface area contributed by atoms with Crippen LogP contribution in [0.15, 0.2) is 0 Å². The van der Waals surface area contributed by atoms with Crippen LogP contribution in [0, 0.1) is 6.92 Å². The summed E-state index contributed by atoms with van der Waals surface area (Å²) < 4.78 is 5.69. The third-order valence-corrected chi connectivity index (χ3v) is 5.11. The SMILES string of the molecule is CCc1c(C)sc(NC(=O)CCC2CCC(C)O2)c1C(=O)O. The Bertz CT molecular complexity index is 567. The molecule has 1 amide bonds. The van der Waals surface area contributed by atoms with E-state index in [1.54, 1.807) is 0 Å².